The van der Waals surface area contributed by atoms with Crippen molar-refractivity contribution in [2.45, 2.75) is 37.8 Å². The van der Waals surface area contributed by atoms with Crippen molar-refractivity contribution in [1.29, 1.82) is 0 Å². The molecule has 0 aromatic heterocycles. The highest BCUT2D eigenvalue weighted by Gasteiger charge is 2.52. The molecule has 0 heterocycles. The molecule has 16 nitrogen and oxygen atoms in total. The zero-order valence-corrected chi connectivity index (χ0v) is 44.1. The summed E-state index contributed by atoms with van der Waals surface area (Å²) in [5, 5.41) is 0. The van der Waals surface area contributed by atoms with Crippen LogP contribution in [0.25, 0.3) is 0 Å². The van der Waals surface area contributed by atoms with Crippen LogP contribution in [0.1, 0.15) is 51.9 Å². The number of hydrogen-bond donors (Lipinski definition) is 1. The minimum Gasteiger partial charge on any atom is -0.493 e. The second kappa shape index (κ2) is 25.4. The van der Waals surface area contributed by atoms with Crippen molar-refractivity contribution in [3.05, 3.63) is 124 Å². The summed E-state index contributed by atoms with van der Waals surface area (Å²) in [6.07, 6.45) is -5.42. The van der Waals surface area contributed by atoms with Crippen LogP contribution in [-0.2, 0) is 19.3 Å². The molecule has 0 spiro atoms. The highest BCUT2D eigenvalue weighted by atomic mass is 31.2. The molecule has 6 aromatic carbocycles. The van der Waals surface area contributed by atoms with Gasteiger partial charge in [-0.15, -0.1) is 4.89 Å². The van der Waals surface area contributed by atoms with E-state index in [9.17, 15) is 4.89 Å². The molecule has 0 aliphatic carbocycles. The molecule has 0 aliphatic rings. The summed E-state index contributed by atoms with van der Waals surface area (Å²) in [7, 11) is 12.2. The normalized spacial score (nSPS) is 13.0. The van der Waals surface area contributed by atoms with E-state index in [2.05, 4.69) is 0 Å². The molecule has 1 N–H and O–H groups in total. The van der Waals surface area contributed by atoms with E-state index in [0.29, 0.717) is 33.9 Å². The number of methoxy groups -OCH3 is 12. The third-order valence-corrected chi connectivity index (χ3v) is 13.0. The summed E-state index contributed by atoms with van der Waals surface area (Å²) in [5.41, 5.74) is 1.88. The molecule has 6 rings (SSSR count). The molecule has 0 aliphatic heterocycles. The van der Waals surface area contributed by atoms with Gasteiger partial charge in [0.1, 0.15) is 18.5 Å². The first-order valence-corrected chi connectivity index (χ1v) is 24.2. The van der Waals surface area contributed by atoms with Gasteiger partial charge in [0, 0.05) is 19.3 Å². The smallest absolute Gasteiger partial charge is 0.493 e. The number of benzene rings is 6. The van der Waals surface area contributed by atoms with Crippen LogP contribution in [0.3, 0.4) is 0 Å². The molecular formula is C54H61F3O16P+. The van der Waals surface area contributed by atoms with Gasteiger partial charge < -0.3 is 56.8 Å². The van der Waals surface area contributed by atoms with E-state index in [1.807, 2.05) is 0 Å². The molecule has 0 saturated heterocycles. The van der Waals surface area contributed by atoms with Crippen LogP contribution in [-0.4, -0.2) is 90.2 Å². The predicted molar refractivity (Wildman–Crippen MR) is 271 cm³/mol. The van der Waals surface area contributed by atoms with E-state index in [4.69, 9.17) is 70.4 Å². The van der Waals surface area contributed by atoms with Crippen LogP contribution in [0.5, 0.6) is 86.2 Å². The summed E-state index contributed by atoms with van der Waals surface area (Å²) < 4.78 is 134. The van der Waals surface area contributed by atoms with Crippen molar-refractivity contribution < 1.29 is 88.5 Å². The molecule has 3 unspecified atom stereocenters. The number of halogens is 3. The summed E-state index contributed by atoms with van der Waals surface area (Å²) in [5.74, 6) is 2.38. The summed E-state index contributed by atoms with van der Waals surface area (Å²) in [6, 6.07) is 22.8. The molecule has 0 fully saturated rings. The van der Waals surface area contributed by atoms with Crippen LogP contribution < -0.4 is 70.4 Å². The minimum atomic E-state index is -4.85. The van der Waals surface area contributed by atoms with Gasteiger partial charge >= 0.3 is 8.17 Å². The number of ether oxygens (including phenoxy) is 12. The van der Waals surface area contributed by atoms with Crippen LogP contribution in [0.2, 0.25) is 0 Å². The second-order valence-electron chi connectivity index (χ2n) is 16.1. The Hall–Kier alpha value is -7.50. The molecule has 0 bridgehead atoms. The minimum absolute atomic E-state index is 0.0974. The SMILES string of the molecule is COc1ccc(CC(F)c2cc(OC)c(OC)c(OC)c2)cc1O[P+](O)(Oc1cc(CC(F)c2cc(OC)c(OC)c(OC)c2)ccc1OC)Oc1cc(CC(F)c2cc(OC)c(OC)c(OC)c2)ccc1OC. The predicted octanol–water partition coefficient (Wildman–Crippen LogP) is 11.8. The largest absolute Gasteiger partial charge is 0.715 e. The maximum Gasteiger partial charge on any atom is 0.715 e. The second-order valence-corrected chi connectivity index (χ2v) is 17.6. The van der Waals surface area contributed by atoms with Crippen molar-refractivity contribution in [1.82, 2.24) is 0 Å². The lowest BCUT2D eigenvalue weighted by Gasteiger charge is -2.21. The Morgan fingerprint density at radius 3 is 0.716 bits per heavy atom. The van der Waals surface area contributed by atoms with Crippen molar-refractivity contribution in [2.75, 3.05) is 85.3 Å². The van der Waals surface area contributed by atoms with Gasteiger partial charge in [-0.1, -0.05) is 18.2 Å². The van der Waals surface area contributed by atoms with Gasteiger partial charge in [-0.2, -0.15) is 0 Å². The summed E-state index contributed by atoms with van der Waals surface area (Å²) >= 11 is 0. The first-order chi connectivity index (χ1) is 35.6. The maximum atomic E-state index is 16.3. The third-order valence-electron chi connectivity index (χ3n) is 11.7. The van der Waals surface area contributed by atoms with Gasteiger partial charge in [0.2, 0.25) is 34.5 Å². The Kier molecular flexibility index (Phi) is 19.2. The van der Waals surface area contributed by atoms with E-state index >= 15 is 13.2 Å². The first-order valence-electron chi connectivity index (χ1n) is 22.7. The average Bonchev–Trinajstić information content (AvgIpc) is 3.41. The molecular weight excluding hydrogens is 993 g/mol. The Morgan fingerprint density at radius 1 is 0.311 bits per heavy atom. The quantitative estimate of drug-likeness (QED) is 0.0485. The van der Waals surface area contributed by atoms with Crippen LogP contribution in [0.4, 0.5) is 13.2 Å². The van der Waals surface area contributed by atoms with Gasteiger partial charge in [0.05, 0.1) is 85.3 Å². The standard InChI is InChI=1S/C54H61F3O16P/c1-59-40-16-13-31(19-37(55)34-25-46(62-4)52(68-10)47(26-34)63-5)22-43(40)71-74(58,72-44-23-32(14-17-41(44)60-2)20-38(56)35-27-48(64-6)53(69-11)49(28-35)65-7)73-45-24-33(15-18-42(45)61-3)21-39(57)36-29-50(66-8)54(70-12)51(30-36)67-9/h13-18,22-30,37-39,58H,19-21H2,1-12H3/q+1. The molecule has 20 heteroatoms. The van der Waals surface area contributed by atoms with E-state index in [-0.39, 0.29) is 105 Å². The lowest BCUT2D eigenvalue weighted by Crippen LogP contribution is -2.16. The van der Waals surface area contributed by atoms with Gasteiger partial charge in [-0.25, -0.2) is 26.7 Å². The molecule has 3 atom stereocenters. The van der Waals surface area contributed by atoms with Crippen LogP contribution in [0.15, 0.2) is 91.0 Å². The van der Waals surface area contributed by atoms with E-state index in [1.54, 1.807) is 18.2 Å². The van der Waals surface area contributed by atoms with Crippen molar-refractivity contribution in [3.8, 4) is 86.2 Å². The van der Waals surface area contributed by atoms with Gasteiger partial charge in [-0.3, -0.25) is 0 Å². The van der Waals surface area contributed by atoms with Gasteiger partial charge in [-0.05, 0) is 106 Å². The fraction of sp³-hybridized carbons (Fsp3) is 0.333. The number of alkyl halides is 3. The monoisotopic (exact) mass is 1050 g/mol. The molecule has 0 saturated carbocycles. The van der Waals surface area contributed by atoms with Crippen LogP contribution in [0, 0.1) is 0 Å². The zero-order chi connectivity index (χ0) is 53.7. The van der Waals surface area contributed by atoms with Crippen molar-refractivity contribution >= 4 is 8.17 Å². The molecule has 398 valence electrons. The number of rotatable bonds is 27. The van der Waals surface area contributed by atoms with E-state index < -0.39 is 26.7 Å². The van der Waals surface area contributed by atoms with Crippen molar-refractivity contribution in [3.63, 3.8) is 0 Å². The fourth-order valence-corrected chi connectivity index (χ4v) is 9.29. The van der Waals surface area contributed by atoms with Crippen LogP contribution >= 0.6 is 8.17 Å². The van der Waals surface area contributed by atoms with Gasteiger partial charge in [0.15, 0.2) is 51.7 Å². The third kappa shape index (κ3) is 12.8. The maximum absolute atomic E-state index is 16.3. The van der Waals surface area contributed by atoms with E-state index in [0.717, 1.165) is 0 Å². The van der Waals surface area contributed by atoms with E-state index in [1.165, 1.54) is 158 Å². The Bertz CT molecular complexity index is 2480. The molecule has 0 amide bonds. The Balaban J connectivity index is 1.41. The molecule has 6 aromatic rings. The summed E-state index contributed by atoms with van der Waals surface area (Å²) in [6.45, 7) is 0. The average molecular weight is 1050 g/mol. The Labute approximate surface area is 429 Å². The molecule has 74 heavy (non-hydrogen) atoms. The highest BCUT2D eigenvalue weighted by Crippen LogP contribution is 2.61. The lowest BCUT2D eigenvalue weighted by molar-refractivity contribution is 0.240. The highest BCUT2D eigenvalue weighted by molar-refractivity contribution is 7.56. The molecule has 0 radical (unpaired) electrons. The topological polar surface area (TPSA) is 159 Å². The fourth-order valence-electron chi connectivity index (χ4n) is 8.01. The Morgan fingerprint density at radius 2 is 0.527 bits per heavy atom. The zero-order valence-electron chi connectivity index (χ0n) is 43.2. The van der Waals surface area contributed by atoms with Gasteiger partial charge in [0.25, 0.3) is 0 Å². The first kappa shape index (κ1) is 55.8. The summed E-state index contributed by atoms with van der Waals surface area (Å²) in [4.78, 5) is 12.8. The lowest BCUT2D eigenvalue weighted by atomic mass is 10.0. The number of hydrogen-bond acceptors (Lipinski definition) is 16. The van der Waals surface area contributed by atoms with Crippen molar-refractivity contribution in [2.24, 2.45) is 0 Å².